The van der Waals surface area contributed by atoms with Crippen molar-refractivity contribution in [3.05, 3.63) is 60.5 Å². The highest BCUT2D eigenvalue weighted by atomic mass is 14.9. The van der Waals surface area contributed by atoms with E-state index in [1.54, 1.807) is 0 Å². The summed E-state index contributed by atoms with van der Waals surface area (Å²) in [6.07, 6.45) is 10.6. The quantitative estimate of drug-likeness (QED) is 0.822. The van der Waals surface area contributed by atoms with Crippen molar-refractivity contribution in [2.75, 3.05) is 0 Å². The lowest BCUT2D eigenvalue weighted by atomic mass is 10.0. The molecule has 1 aliphatic rings. The first-order chi connectivity index (χ1) is 8.43. The van der Waals surface area contributed by atoms with Gasteiger partial charge >= 0.3 is 0 Å². The summed E-state index contributed by atoms with van der Waals surface area (Å²) in [4.78, 5) is 7.83. The zero-order chi connectivity index (χ0) is 11.5. The van der Waals surface area contributed by atoms with Crippen LogP contribution in [0.15, 0.2) is 54.8 Å². The predicted octanol–water partition coefficient (Wildman–Crippen LogP) is 3.81. The van der Waals surface area contributed by atoms with Gasteiger partial charge in [0, 0.05) is 5.56 Å². The van der Waals surface area contributed by atoms with Crippen LogP contribution in [-0.4, -0.2) is 9.97 Å². The van der Waals surface area contributed by atoms with E-state index in [1.807, 2.05) is 24.4 Å². The van der Waals surface area contributed by atoms with Gasteiger partial charge in [0.25, 0.3) is 0 Å². The number of hydrogen-bond acceptors (Lipinski definition) is 1. The fourth-order valence-corrected chi connectivity index (χ4v) is 2.05. The Labute approximate surface area is 101 Å². The third kappa shape index (κ3) is 2.07. The summed E-state index contributed by atoms with van der Waals surface area (Å²) < 4.78 is 0. The Morgan fingerprint density at radius 1 is 1.12 bits per heavy atom. The molecule has 17 heavy (non-hydrogen) atoms. The SMILES string of the molecule is C1=CCCC(c2cnc(-c3ccccc3)[nH]2)=C1. The van der Waals surface area contributed by atoms with Crippen molar-refractivity contribution in [1.29, 1.82) is 0 Å². The molecule has 1 N–H and O–H groups in total. The van der Waals surface area contributed by atoms with Crippen molar-refractivity contribution in [3.8, 4) is 11.4 Å². The topological polar surface area (TPSA) is 28.7 Å². The second kappa shape index (κ2) is 4.42. The highest BCUT2D eigenvalue weighted by Crippen LogP contribution is 2.24. The molecule has 0 radical (unpaired) electrons. The zero-order valence-corrected chi connectivity index (χ0v) is 9.56. The minimum Gasteiger partial charge on any atom is -0.338 e. The van der Waals surface area contributed by atoms with Gasteiger partial charge in [0.2, 0.25) is 0 Å². The minimum absolute atomic E-state index is 0.941. The second-order valence-electron chi connectivity index (χ2n) is 4.17. The van der Waals surface area contributed by atoms with Crippen LogP contribution in [0.2, 0.25) is 0 Å². The molecule has 1 aromatic heterocycles. The lowest BCUT2D eigenvalue weighted by Crippen LogP contribution is -1.88. The lowest BCUT2D eigenvalue weighted by Gasteiger charge is -2.05. The van der Waals surface area contributed by atoms with E-state index >= 15 is 0 Å². The number of nitrogens with zero attached hydrogens (tertiary/aromatic N) is 1. The van der Waals surface area contributed by atoms with Gasteiger partial charge in [-0.25, -0.2) is 4.98 Å². The average Bonchev–Trinajstić information content (AvgIpc) is 2.90. The molecule has 2 nitrogen and oxygen atoms in total. The van der Waals surface area contributed by atoms with Crippen LogP contribution < -0.4 is 0 Å². The molecule has 0 amide bonds. The Kier molecular flexibility index (Phi) is 2.62. The molecule has 0 bridgehead atoms. The number of nitrogens with one attached hydrogen (secondary N) is 1. The summed E-state index contributed by atoms with van der Waals surface area (Å²) in [7, 11) is 0. The Morgan fingerprint density at radius 3 is 2.76 bits per heavy atom. The molecule has 1 aliphatic carbocycles. The molecule has 84 valence electrons. The van der Waals surface area contributed by atoms with Gasteiger partial charge in [-0.15, -0.1) is 0 Å². The van der Waals surface area contributed by atoms with Gasteiger partial charge in [0.1, 0.15) is 5.82 Å². The monoisotopic (exact) mass is 222 g/mol. The van der Waals surface area contributed by atoms with Crippen LogP contribution in [0.1, 0.15) is 18.5 Å². The Balaban J connectivity index is 1.93. The molecule has 0 saturated carbocycles. The van der Waals surface area contributed by atoms with Crippen molar-refractivity contribution < 1.29 is 0 Å². The molecular weight excluding hydrogens is 208 g/mol. The van der Waals surface area contributed by atoms with E-state index in [0.717, 1.165) is 29.9 Å². The van der Waals surface area contributed by atoms with Crippen LogP contribution in [0.25, 0.3) is 17.0 Å². The van der Waals surface area contributed by atoms with Gasteiger partial charge in [-0.3, -0.25) is 0 Å². The maximum atomic E-state index is 4.44. The van der Waals surface area contributed by atoms with Crippen molar-refractivity contribution in [3.63, 3.8) is 0 Å². The summed E-state index contributed by atoms with van der Waals surface area (Å²) in [5, 5.41) is 0. The van der Waals surface area contributed by atoms with E-state index < -0.39 is 0 Å². The predicted molar refractivity (Wildman–Crippen MR) is 70.4 cm³/mol. The maximum Gasteiger partial charge on any atom is 0.137 e. The molecule has 0 unspecified atom stereocenters. The highest BCUT2D eigenvalue weighted by molar-refractivity contribution is 5.67. The number of allylic oxidation sites excluding steroid dienone is 4. The first-order valence-corrected chi connectivity index (χ1v) is 5.90. The average molecular weight is 222 g/mol. The van der Waals surface area contributed by atoms with Gasteiger partial charge in [0.05, 0.1) is 11.9 Å². The van der Waals surface area contributed by atoms with E-state index in [0.29, 0.717) is 0 Å². The van der Waals surface area contributed by atoms with Gasteiger partial charge < -0.3 is 4.98 Å². The van der Waals surface area contributed by atoms with Crippen LogP contribution in [0, 0.1) is 0 Å². The largest absolute Gasteiger partial charge is 0.338 e. The molecule has 0 aliphatic heterocycles. The number of aromatic nitrogens is 2. The molecule has 1 aromatic carbocycles. The van der Waals surface area contributed by atoms with E-state index in [-0.39, 0.29) is 0 Å². The molecule has 1 heterocycles. The van der Waals surface area contributed by atoms with E-state index in [4.69, 9.17) is 0 Å². The van der Waals surface area contributed by atoms with Gasteiger partial charge in [-0.1, -0.05) is 48.6 Å². The van der Waals surface area contributed by atoms with Crippen molar-refractivity contribution in [2.24, 2.45) is 0 Å². The number of benzene rings is 1. The fraction of sp³-hybridized carbons (Fsp3) is 0.133. The summed E-state index contributed by atoms with van der Waals surface area (Å²) in [5.41, 5.74) is 3.60. The van der Waals surface area contributed by atoms with Crippen molar-refractivity contribution in [2.45, 2.75) is 12.8 Å². The molecule has 0 atom stereocenters. The number of hydrogen-bond donors (Lipinski definition) is 1. The molecule has 2 aromatic rings. The van der Waals surface area contributed by atoms with Gasteiger partial charge in [0.15, 0.2) is 0 Å². The summed E-state index contributed by atoms with van der Waals surface area (Å²) in [6.45, 7) is 0. The van der Waals surface area contributed by atoms with E-state index in [2.05, 4.69) is 40.3 Å². The van der Waals surface area contributed by atoms with Gasteiger partial charge in [-0.2, -0.15) is 0 Å². The smallest absolute Gasteiger partial charge is 0.137 e. The number of imidazole rings is 1. The lowest BCUT2D eigenvalue weighted by molar-refractivity contribution is 1.04. The Bertz CT molecular complexity index is 562. The first-order valence-electron chi connectivity index (χ1n) is 5.90. The third-order valence-electron chi connectivity index (χ3n) is 2.98. The molecule has 0 fully saturated rings. The zero-order valence-electron chi connectivity index (χ0n) is 9.56. The van der Waals surface area contributed by atoms with E-state index in [1.165, 1.54) is 5.57 Å². The minimum atomic E-state index is 0.941. The third-order valence-corrected chi connectivity index (χ3v) is 2.98. The Hall–Kier alpha value is -2.09. The first kappa shape index (κ1) is 10.1. The summed E-state index contributed by atoms with van der Waals surface area (Å²) >= 11 is 0. The van der Waals surface area contributed by atoms with Crippen LogP contribution >= 0.6 is 0 Å². The van der Waals surface area contributed by atoms with Crippen molar-refractivity contribution in [1.82, 2.24) is 9.97 Å². The van der Waals surface area contributed by atoms with E-state index in [9.17, 15) is 0 Å². The highest BCUT2D eigenvalue weighted by Gasteiger charge is 2.07. The fourth-order valence-electron chi connectivity index (χ4n) is 2.05. The Morgan fingerprint density at radius 2 is 2.00 bits per heavy atom. The molecule has 3 rings (SSSR count). The standard InChI is InChI=1S/C15H14N2/c1-3-7-12(8-4-1)14-11-16-15(17-14)13-9-5-2-6-10-13/h1-3,5-7,9-11H,4,8H2,(H,16,17). The van der Waals surface area contributed by atoms with Crippen LogP contribution in [0.3, 0.4) is 0 Å². The normalized spacial score (nSPS) is 14.7. The van der Waals surface area contributed by atoms with Crippen LogP contribution in [-0.2, 0) is 0 Å². The second-order valence-corrected chi connectivity index (χ2v) is 4.17. The number of H-pyrrole nitrogens is 1. The number of rotatable bonds is 2. The molecular formula is C15H14N2. The van der Waals surface area contributed by atoms with Crippen LogP contribution in [0.5, 0.6) is 0 Å². The molecule has 0 saturated heterocycles. The van der Waals surface area contributed by atoms with Gasteiger partial charge in [-0.05, 0) is 18.4 Å². The molecule has 2 heteroatoms. The molecule has 0 spiro atoms. The maximum absolute atomic E-state index is 4.44. The van der Waals surface area contributed by atoms with Crippen LogP contribution in [0.4, 0.5) is 0 Å². The summed E-state index contributed by atoms with van der Waals surface area (Å²) in [6, 6.07) is 10.2. The summed E-state index contributed by atoms with van der Waals surface area (Å²) in [5.74, 6) is 0.941. The van der Waals surface area contributed by atoms with Crippen molar-refractivity contribution >= 4 is 5.57 Å². The number of aromatic amines is 1.